The predicted octanol–water partition coefficient (Wildman–Crippen LogP) is 3.01. The molecule has 2 aliphatic heterocycles. The lowest BCUT2D eigenvalue weighted by Crippen LogP contribution is -2.53. The second-order valence-electron chi connectivity index (χ2n) is 9.29. The summed E-state index contributed by atoms with van der Waals surface area (Å²) >= 11 is 0. The predicted molar refractivity (Wildman–Crippen MR) is 125 cm³/mol. The number of carbonyl (C=O) groups excluding carboxylic acids is 1. The zero-order chi connectivity index (χ0) is 22.3. The lowest BCUT2D eigenvalue weighted by molar-refractivity contribution is -0.138. The van der Waals surface area contributed by atoms with E-state index in [0.29, 0.717) is 55.8 Å². The summed E-state index contributed by atoms with van der Waals surface area (Å²) in [5.41, 5.74) is 1.96. The van der Waals surface area contributed by atoms with E-state index in [-0.39, 0.29) is 23.7 Å². The molecular weight excluding hydrogens is 427 g/mol. The molecule has 0 radical (unpaired) electrons. The zero-order valence-corrected chi connectivity index (χ0v) is 19.0. The molecule has 1 aromatic carbocycles. The lowest BCUT2D eigenvalue weighted by atomic mass is 9.96. The molecule has 1 amide bonds. The van der Waals surface area contributed by atoms with Crippen LogP contribution in [0.15, 0.2) is 36.7 Å². The quantitative estimate of drug-likeness (QED) is 0.662. The molecule has 8 heteroatoms. The summed E-state index contributed by atoms with van der Waals surface area (Å²) in [4.78, 5) is 26.6. The van der Waals surface area contributed by atoms with Gasteiger partial charge in [0.15, 0.2) is 0 Å². The molecule has 3 heterocycles. The van der Waals surface area contributed by atoms with Crippen molar-refractivity contribution >= 4 is 27.2 Å². The number of halogens is 1. The van der Waals surface area contributed by atoms with Gasteiger partial charge >= 0.3 is 0 Å². The number of nitrogens with zero attached hydrogens (tertiary/aromatic N) is 4. The topological polar surface area (TPSA) is 66.4 Å². The highest BCUT2D eigenvalue weighted by atomic mass is 32.2. The van der Waals surface area contributed by atoms with E-state index < -0.39 is 9.52 Å². The highest BCUT2D eigenvalue weighted by Gasteiger charge is 2.37. The van der Waals surface area contributed by atoms with Crippen molar-refractivity contribution in [1.82, 2.24) is 14.9 Å². The first kappa shape index (κ1) is 21.4. The highest BCUT2D eigenvalue weighted by molar-refractivity contribution is 8.00. The Morgan fingerprint density at radius 1 is 1.06 bits per heavy atom. The maximum atomic E-state index is 14.1. The summed E-state index contributed by atoms with van der Waals surface area (Å²) in [5, 5.41) is 0. The molecule has 2 saturated heterocycles. The van der Waals surface area contributed by atoms with Crippen molar-refractivity contribution in [3.05, 3.63) is 53.6 Å². The molecule has 6 nitrogen and oxygen atoms in total. The number of carbonyl (C=O) groups is 1. The fourth-order valence-corrected chi connectivity index (χ4v) is 6.42. The van der Waals surface area contributed by atoms with E-state index in [1.54, 1.807) is 6.07 Å². The third-order valence-corrected chi connectivity index (χ3v) is 8.87. The molecular formula is C24H29FN4O2S. The molecule has 5 rings (SSSR count). The first-order valence-electron chi connectivity index (χ1n) is 11.3. The van der Waals surface area contributed by atoms with Crippen LogP contribution in [0.25, 0.3) is 0 Å². The third-order valence-electron chi connectivity index (χ3n) is 6.91. The van der Waals surface area contributed by atoms with Crippen LogP contribution in [0.1, 0.15) is 48.8 Å². The van der Waals surface area contributed by atoms with Crippen molar-refractivity contribution in [3.63, 3.8) is 0 Å². The molecule has 1 atom stereocenters. The monoisotopic (exact) mass is 456 g/mol. The van der Waals surface area contributed by atoms with Gasteiger partial charge in [-0.05, 0) is 70.3 Å². The normalized spacial score (nSPS) is 28.5. The molecule has 0 spiro atoms. The Labute approximate surface area is 188 Å². The fraction of sp³-hybridized carbons (Fsp3) is 0.500. The Kier molecular flexibility index (Phi) is 5.65. The number of anilines is 1. The molecule has 1 saturated carbocycles. The van der Waals surface area contributed by atoms with Crippen LogP contribution in [0.4, 0.5) is 10.3 Å². The minimum Gasteiger partial charge on any atom is -0.337 e. The van der Waals surface area contributed by atoms with Crippen LogP contribution in [-0.4, -0.2) is 62.0 Å². The maximum Gasteiger partial charge on any atom is 0.226 e. The molecule has 3 aliphatic rings. The fourth-order valence-electron chi connectivity index (χ4n) is 4.79. The first-order chi connectivity index (χ1) is 15.4. The van der Waals surface area contributed by atoms with E-state index in [1.807, 2.05) is 23.4 Å². The Bertz CT molecular complexity index is 1090. The van der Waals surface area contributed by atoms with Gasteiger partial charge in [-0.1, -0.05) is 12.1 Å². The van der Waals surface area contributed by atoms with Crippen molar-refractivity contribution in [2.45, 2.75) is 37.6 Å². The Hall–Kier alpha value is -2.48. The number of aromatic nitrogens is 2. The van der Waals surface area contributed by atoms with Crippen molar-refractivity contribution in [1.29, 1.82) is 0 Å². The molecule has 0 N–H and O–H groups in total. The number of hydrogen-bond donors (Lipinski definition) is 0. The summed E-state index contributed by atoms with van der Waals surface area (Å²) in [7, 11) is -2.05. The average molecular weight is 457 g/mol. The zero-order valence-electron chi connectivity index (χ0n) is 18.2. The van der Waals surface area contributed by atoms with Crippen LogP contribution >= 0.6 is 0 Å². The van der Waals surface area contributed by atoms with Gasteiger partial charge in [0.25, 0.3) is 0 Å². The van der Waals surface area contributed by atoms with Gasteiger partial charge in [-0.3, -0.25) is 9.00 Å². The number of hydrogen-bond acceptors (Lipinski definition) is 5. The molecule has 0 bridgehead atoms. The minimum atomic E-state index is -2.05. The van der Waals surface area contributed by atoms with E-state index in [0.717, 1.165) is 5.56 Å². The van der Waals surface area contributed by atoms with Crippen molar-refractivity contribution < 1.29 is 13.4 Å². The van der Waals surface area contributed by atoms with E-state index in [9.17, 15) is 13.4 Å². The minimum absolute atomic E-state index is 0.0683. The number of rotatable bonds is 4. The maximum absolute atomic E-state index is 14.1. The summed E-state index contributed by atoms with van der Waals surface area (Å²) in [5.74, 6) is 5.66. The van der Waals surface area contributed by atoms with Crippen LogP contribution in [0.2, 0.25) is 0 Å². The SMILES string of the molecule is C=S1(=O)CCC(C(=O)N2CCN(c3ncc(C4CC4)cn3)CC2c2cccc(F)c2)CC1. The van der Waals surface area contributed by atoms with Crippen LogP contribution in [0, 0.1) is 11.7 Å². The molecule has 1 aliphatic carbocycles. The van der Waals surface area contributed by atoms with E-state index in [2.05, 4.69) is 20.7 Å². The summed E-state index contributed by atoms with van der Waals surface area (Å²) in [6.45, 7) is 1.65. The van der Waals surface area contributed by atoms with Crippen LogP contribution < -0.4 is 4.90 Å². The number of piperazine rings is 1. The molecule has 32 heavy (non-hydrogen) atoms. The van der Waals surface area contributed by atoms with Gasteiger partial charge in [0.05, 0.1) is 6.04 Å². The van der Waals surface area contributed by atoms with E-state index in [4.69, 9.17) is 0 Å². The standard InChI is InChI=1S/C24H29FN4O2S/c1-32(31)11-7-18(8-12-32)23(30)29-10-9-28(16-22(29)19-3-2-4-21(25)13-19)24-26-14-20(15-27-24)17-5-6-17/h2-4,13-15,17-18,22H,1,5-12,16H2. The van der Waals surface area contributed by atoms with Crippen molar-refractivity contribution in [2.24, 2.45) is 5.92 Å². The molecule has 1 unspecified atom stereocenters. The van der Waals surface area contributed by atoms with Gasteiger partial charge in [-0.25, -0.2) is 14.4 Å². The molecule has 170 valence electrons. The van der Waals surface area contributed by atoms with Gasteiger partial charge < -0.3 is 9.80 Å². The first-order valence-corrected chi connectivity index (χ1v) is 13.4. The van der Waals surface area contributed by atoms with Crippen LogP contribution in [0.3, 0.4) is 0 Å². The van der Waals surface area contributed by atoms with Crippen molar-refractivity contribution in [3.8, 4) is 0 Å². The third kappa shape index (κ3) is 4.51. The van der Waals surface area contributed by atoms with Gasteiger partial charge in [0, 0.05) is 49.5 Å². The van der Waals surface area contributed by atoms with E-state index >= 15 is 0 Å². The Morgan fingerprint density at radius 3 is 2.44 bits per heavy atom. The molecule has 2 aromatic rings. The van der Waals surface area contributed by atoms with Gasteiger partial charge in [-0.15, -0.1) is 0 Å². The van der Waals surface area contributed by atoms with Gasteiger partial charge in [-0.2, -0.15) is 0 Å². The van der Waals surface area contributed by atoms with Crippen LogP contribution in [-0.2, 0) is 14.3 Å². The Balaban J connectivity index is 1.38. The molecule has 1 aromatic heterocycles. The van der Waals surface area contributed by atoms with E-state index in [1.165, 1.54) is 30.5 Å². The smallest absolute Gasteiger partial charge is 0.226 e. The lowest BCUT2D eigenvalue weighted by Gasteiger charge is -2.43. The summed E-state index contributed by atoms with van der Waals surface area (Å²) < 4.78 is 26.3. The second kappa shape index (κ2) is 8.46. The highest BCUT2D eigenvalue weighted by Crippen LogP contribution is 2.39. The largest absolute Gasteiger partial charge is 0.337 e. The van der Waals surface area contributed by atoms with Gasteiger partial charge in [0.1, 0.15) is 5.82 Å². The number of benzene rings is 1. The van der Waals surface area contributed by atoms with Crippen LogP contribution in [0.5, 0.6) is 0 Å². The Morgan fingerprint density at radius 2 is 1.78 bits per heavy atom. The number of amides is 1. The second-order valence-corrected chi connectivity index (χ2v) is 12.0. The average Bonchev–Trinajstić information content (AvgIpc) is 3.64. The van der Waals surface area contributed by atoms with Gasteiger partial charge in [0.2, 0.25) is 11.9 Å². The van der Waals surface area contributed by atoms with Crippen molar-refractivity contribution in [2.75, 3.05) is 36.0 Å². The summed E-state index contributed by atoms with van der Waals surface area (Å²) in [6.07, 6.45) is 7.43. The molecule has 3 fully saturated rings. The summed E-state index contributed by atoms with van der Waals surface area (Å²) in [6, 6.07) is 6.20.